The maximum absolute atomic E-state index is 11.7. The summed E-state index contributed by atoms with van der Waals surface area (Å²) >= 11 is 0. The van der Waals surface area contributed by atoms with E-state index in [9.17, 15) is 4.79 Å². The Morgan fingerprint density at radius 1 is 1.45 bits per heavy atom. The Hall–Kier alpha value is -1.59. The van der Waals surface area contributed by atoms with E-state index in [0.29, 0.717) is 19.6 Å². The Balaban J connectivity index is 1.58. The molecule has 0 spiro atoms. The molecule has 0 aliphatic carbocycles. The highest BCUT2D eigenvalue weighted by Crippen LogP contribution is 2.08. The van der Waals surface area contributed by atoms with Crippen LogP contribution in [0.2, 0.25) is 0 Å². The van der Waals surface area contributed by atoms with Gasteiger partial charge in [0.05, 0.1) is 25.7 Å². The van der Waals surface area contributed by atoms with Gasteiger partial charge in [-0.25, -0.2) is 0 Å². The zero-order valence-electron chi connectivity index (χ0n) is 11.9. The fraction of sp³-hybridized carbons (Fsp3) is 0.533. The average Bonchev–Trinajstić information content (AvgIpc) is 2.46. The lowest BCUT2D eigenvalue weighted by molar-refractivity contribution is -0.122. The molecule has 1 aliphatic heterocycles. The third kappa shape index (κ3) is 5.19. The molecule has 1 atom stereocenters. The van der Waals surface area contributed by atoms with E-state index < -0.39 is 0 Å². The number of hydrogen-bond acceptors (Lipinski definition) is 4. The van der Waals surface area contributed by atoms with Crippen molar-refractivity contribution in [2.24, 2.45) is 0 Å². The average molecular weight is 278 g/mol. The molecule has 2 rings (SSSR count). The first-order valence-corrected chi connectivity index (χ1v) is 6.99. The van der Waals surface area contributed by atoms with Crippen LogP contribution in [0.15, 0.2) is 30.3 Å². The van der Waals surface area contributed by atoms with E-state index in [4.69, 9.17) is 9.47 Å². The van der Waals surface area contributed by atoms with Gasteiger partial charge in [-0.2, -0.15) is 0 Å². The second-order valence-electron chi connectivity index (χ2n) is 4.97. The minimum absolute atomic E-state index is 0.00208. The van der Waals surface area contributed by atoms with Gasteiger partial charge in [0.25, 0.3) is 0 Å². The van der Waals surface area contributed by atoms with Crippen LogP contribution < -0.4 is 10.1 Å². The molecule has 1 aliphatic rings. The van der Waals surface area contributed by atoms with Crippen LogP contribution in [0.1, 0.15) is 6.42 Å². The fourth-order valence-corrected chi connectivity index (χ4v) is 2.08. The highest BCUT2D eigenvalue weighted by Gasteiger charge is 2.17. The minimum atomic E-state index is -0.00208. The lowest BCUT2D eigenvalue weighted by Crippen LogP contribution is -2.46. The first kappa shape index (κ1) is 14.8. The van der Waals surface area contributed by atoms with E-state index in [0.717, 1.165) is 25.4 Å². The lowest BCUT2D eigenvalue weighted by atomic mass is 10.2. The highest BCUT2D eigenvalue weighted by atomic mass is 16.5. The maximum atomic E-state index is 11.7. The molecule has 0 radical (unpaired) electrons. The van der Waals surface area contributed by atoms with Gasteiger partial charge in [0.1, 0.15) is 5.75 Å². The fourth-order valence-electron chi connectivity index (χ4n) is 2.08. The molecule has 1 heterocycles. The van der Waals surface area contributed by atoms with Gasteiger partial charge >= 0.3 is 0 Å². The van der Waals surface area contributed by atoms with Gasteiger partial charge < -0.3 is 19.7 Å². The summed E-state index contributed by atoms with van der Waals surface area (Å²) in [4.78, 5) is 13.9. The van der Waals surface area contributed by atoms with Crippen molar-refractivity contribution >= 4 is 5.91 Å². The Labute approximate surface area is 119 Å². The van der Waals surface area contributed by atoms with E-state index in [2.05, 4.69) is 17.3 Å². The van der Waals surface area contributed by atoms with Gasteiger partial charge in [0.2, 0.25) is 5.91 Å². The van der Waals surface area contributed by atoms with E-state index in [-0.39, 0.29) is 12.0 Å². The number of hydrogen-bond donors (Lipinski definition) is 1. The van der Waals surface area contributed by atoms with Crippen molar-refractivity contribution in [3.8, 4) is 5.75 Å². The standard InChI is InChI=1S/C15H22N2O3/c1-17-8-10-20-14(12-17)11-16-15(18)7-9-19-13-5-3-2-4-6-13/h2-6,14H,7-12H2,1H3,(H,16,18). The number of amides is 1. The van der Waals surface area contributed by atoms with Gasteiger partial charge in [-0.1, -0.05) is 18.2 Å². The third-order valence-corrected chi connectivity index (χ3v) is 3.21. The van der Waals surface area contributed by atoms with E-state index >= 15 is 0 Å². The Morgan fingerprint density at radius 2 is 2.25 bits per heavy atom. The summed E-state index contributed by atoms with van der Waals surface area (Å²) in [5.41, 5.74) is 0. The lowest BCUT2D eigenvalue weighted by Gasteiger charge is -2.30. The predicted octanol–water partition coefficient (Wildman–Crippen LogP) is 0.902. The van der Waals surface area contributed by atoms with Crippen molar-refractivity contribution in [2.45, 2.75) is 12.5 Å². The van der Waals surface area contributed by atoms with E-state index in [1.54, 1.807) is 0 Å². The molecule has 1 N–H and O–H groups in total. The van der Waals surface area contributed by atoms with Gasteiger partial charge in [0.15, 0.2) is 0 Å². The molecule has 0 saturated carbocycles. The molecule has 0 aromatic heterocycles. The topological polar surface area (TPSA) is 50.8 Å². The summed E-state index contributed by atoms with van der Waals surface area (Å²) in [6.45, 7) is 3.50. The van der Waals surface area contributed by atoms with Crippen molar-refractivity contribution in [3.05, 3.63) is 30.3 Å². The Bertz CT molecular complexity index is 411. The van der Waals surface area contributed by atoms with Crippen molar-refractivity contribution in [1.29, 1.82) is 0 Å². The molecule has 5 heteroatoms. The number of ether oxygens (including phenoxy) is 2. The second-order valence-corrected chi connectivity index (χ2v) is 4.97. The Morgan fingerprint density at radius 3 is 3.00 bits per heavy atom. The molecule has 1 unspecified atom stereocenters. The van der Waals surface area contributed by atoms with Crippen molar-refractivity contribution in [2.75, 3.05) is 39.9 Å². The summed E-state index contributed by atoms with van der Waals surface area (Å²) in [7, 11) is 2.06. The normalized spacial score (nSPS) is 19.6. The molecule has 0 bridgehead atoms. The van der Waals surface area contributed by atoms with Crippen molar-refractivity contribution in [3.63, 3.8) is 0 Å². The SMILES string of the molecule is CN1CCOC(CNC(=O)CCOc2ccccc2)C1. The van der Waals surface area contributed by atoms with Crippen LogP contribution >= 0.6 is 0 Å². The smallest absolute Gasteiger partial charge is 0.223 e. The monoisotopic (exact) mass is 278 g/mol. The molecule has 110 valence electrons. The number of morpholine rings is 1. The molecule has 1 fully saturated rings. The van der Waals surface area contributed by atoms with Crippen LogP contribution in [0.3, 0.4) is 0 Å². The van der Waals surface area contributed by atoms with Crippen LogP contribution in [0.25, 0.3) is 0 Å². The number of nitrogens with one attached hydrogen (secondary N) is 1. The van der Waals surface area contributed by atoms with Gasteiger partial charge in [-0.05, 0) is 19.2 Å². The van der Waals surface area contributed by atoms with E-state index in [1.807, 2.05) is 30.3 Å². The molecule has 1 aromatic carbocycles. The molecule has 1 amide bonds. The largest absolute Gasteiger partial charge is 0.493 e. The van der Waals surface area contributed by atoms with Gasteiger partial charge in [0, 0.05) is 19.6 Å². The molecule has 1 saturated heterocycles. The number of para-hydroxylation sites is 1. The third-order valence-electron chi connectivity index (χ3n) is 3.21. The summed E-state index contributed by atoms with van der Waals surface area (Å²) in [5.74, 6) is 0.787. The second kappa shape index (κ2) is 7.87. The van der Waals surface area contributed by atoms with Crippen LogP contribution in [0, 0.1) is 0 Å². The highest BCUT2D eigenvalue weighted by molar-refractivity contribution is 5.76. The first-order valence-electron chi connectivity index (χ1n) is 6.99. The number of carbonyl (C=O) groups excluding carboxylic acids is 1. The van der Waals surface area contributed by atoms with Crippen molar-refractivity contribution < 1.29 is 14.3 Å². The quantitative estimate of drug-likeness (QED) is 0.840. The molecule has 20 heavy (non-hydrogen) atoms. The van der Waals surface area contributed by atoms with Crippen LogP contribution in [0.5, 0.6) is 5.75 Å². The van der Waals surface area contributed by atoms with Crippen molar-refractivity contribution in [1.82, 2.24) is 10.2 Å². The Kier molecular flexibility index (Phi) is 5.83. The first-order chi connectivity index (χ1) is 9.74. The number of benzene rings is 1. The maximum Gasteiger partial charge on any atom is 0.223 e. The molecule has 5 nitrogen and oxygen atoms in total. The number of likely N-dealkylation sites (N-methyl/N-ethyl adjacent to an activating group) is 1. The summed E-state index contributed by atoms with van der Waals surface area (Å²) in [6, 6.07) is 9.51. The van der Waals surface area contributed by atoms with Gasteiger partial charge in [-0.15, -0.1) is 0 Å². The molecular weight excluding hydrogens is 256 g/mol. The number of carbonyl (C=O) groups is 1. The zero-order valence-corrected chi connectivity index (χ0v) is 11.9. The summed E-state index contributed by atoms with van der Waals surface area (Å²) in [6.07, 6.45) is 0.449. The summed E-state index contributed by atoms with van der Waals surface area (Å²) < 4.78 is 11.1. The van der Waals surface area contributed by atoms with Crippen LogP contribution in [0.4, 0.5) is 0 Å². The van der Waals surface area contributed by atoms with Gasteiger partial charge in [-0.3, -0.25) is 4.79 Å². The number of rotatable bonds is 6. The predicted molar refractivity (Wildman–Crippen MR) is 76.8 cm³/mol. The van der Waals surface area contributed by atoms with Crippen LogP contribution in [-0.2, 0) is 9.53 Å². The zero-order chi connectivity index (χ0) is 14.2. The van der Waals surface area contributed by atoms with E-state index in [1.165, 1.54) is 0 Å². The molecular formula is C15H22N2O3. The summed E-state index contributed by atoms with van der Waals surface area (Å²) in [5, 5.41) is 2.89. The minimum Gasteiger partial charge on any atom is -0.493 e. The van der Waals surface area contributed by atoms with Crippen LogP contribution in [-0.4, -0.2) is 56.8 Å². The molecule has 1 aromatic rings. The number of nitrogens with zero attached hydrogens (tertiary/aromatic N) is 1.